The highest BCUT2D eigenvalue weighted by Gasteiger charge is 2.23. The van der Waals surface area contributed by atoms with Crippen molar-refractivity contribution in [3.05, 3.63) is 28.3 Å². The molecule has 1 heterocycles. The Kier molecular flexibility index (Phi) is 2.77. The van der Waals surface area contributed by atoms with Crippen molar-refractivity contribution >= 4 is 0 Å². The van der Waals surface area contributed by atoms with E-state index in [1.165, 1.54) is 6.07 Å². The van der Waals surface area contributed by atoms with Crippen molar-refractivity contribution in [1.82, 2.24) is 0 Å². The third-order valence-corrected chi connectivity index (χ3v) is 2.87. The molecule has 2 N–H and O–H groups in total. The van der Waals surface area contributed by atoms with Crippen LogP contribution in [0.5, 0.6) is 5.75 Å². The van der Waals surface area contributed by atoms with Crippen molar-refractivity contribution in [2.45, 2.75) is 37.7 Å². The van der Waals surface area contributed by atoms with E-state index in [9.17, 15) is 15.0 Å². The standard InChI is InChI=1S/C11H14O4/c12-8-3-1-7(2-4-8)10-5-9(13)6-11(14)15-10/h5-8,12-13H,1-4H2. The molecule has 1 aromatic rings. The van der Waals surface area contributed by atoms with Gasteiger partial charge in [0.05, 0.1) is 12.2 Å². The fourth-order valence-corrected chi connectivity index (χ4v) is 2.04. The van der Waals surface area contributed by atoms with Crippen molar-refractivity contribution in [3.8, 4) is 5.75 Å². The van der Waals surface area contributed by atoms with Gasteiger partial charge in [-0.3, -0.25) is 0 Å². The molecule has 0 amide bonds. The van der Waals surface area contributed by atoms with Crippen LogP contribution >= 0.6 is 0 Å². The van der Waals surface area contributed by atoms with E-state index in [1.807, 2.05) is 0 Å². The van der Waals surface area contributed by atoms with Crippen LogP contribution in [0.1, 0.15) is 37.4 Å². The number of hydrogen-bond donors (Lipinski definition) is 2. The van der Waals surface area contributed by atoms with Gasteiger partial charge in [0.25, 0.3) is 0 Å². The first-order chi connectivity index (χ1) is 7.15. The normalized spacial score (nSPS) is 26.5. The number of aliphatic hydroxyl groups excluding tert-OH is 1. The van der Waals surface area contributed by atoms with Crippen LogP contribution in [0.3, 0.4) is 0 Å². The summed E-state index contributed by atoms with van der Waals surface area (Å²) in [4.78, 5) is 11.0. The van der Waals surface area contributed by atoms with Crippen LogP contribution in [-0.4, -0.2) is 16.3 Å². The van der Waals surface area contributed by atoms with E-state index in [-0.39, 0.29) is 17.8 Å². The van der Waals surface area contributed by atoms with Crippen LogP contribution in [0.2, 0.25) is 0 Å². The third-order valence-electron chi connectivity index (χ3n) is 2.87. The molecule has 0 spiro atoms. The maximum atomic E-state index is 11.0. The molecule has 2 rings (SSSR count). The molecule has 1 saturated carbocycles. The van der Waals surface area contributed by atoms with Gasteiger partial charge in [-0.05, 0) is 25.7 Å². The van der Waals surface area contributed by atoms with E-state index in [2.05, 4.69) is 0 Å². The van der Waals surface area contributed by atoms with Crippen LogP contribution in [0, 0.1) is 0 Å². The Labute approximate surface area is 87.2 Å². The lowest BCUT2D eigenvalue weighted by atomic mass is 9.86. The molecule has 0 atom stereocenters. The lowest BCUT2D eigenvalue weighted by molar-refractivity contribution is 0.118. The molecule has 0 bridgehead atoms. The SMILES string of the molecule is O=c1cc(O)cc(C2CCC(O)CC2)o1. The number of rotatable bonds is 1. The van der Waals surface area contributed by atoms with E-state index in [0.29, 0.717) is 5.76 Å². The molecule has 0 radical (unpaired) electrons. The summed E-state index contributed by atoms with van der Waals surface area (Å²) in [5, 5.41) is 18.6. The van der Waals surface area contributed by atoms with Gasteiger partial charge in [-0.2, -0.15) is 0 Å². The molecule has 1 aromatic heterocycles. The Morgan fingerprint density at radius 3 is 2.47 bits per heavy atom. The molecule has 0 aromatic carbocycles. The first-order valence-corrected chi connectivity index (χ1v) is 5.17. The molecule has 15 heavy (non-hydrogen) atoms. The molecule has 0 aliphatic heterocycles. The minimum Gasteiger partial charge on any atom is -0.508 e. The zero-order valence-corrected chi connectivity index (χ0v) is 8.35. The van der Waals surface area contributed by atoms with E-state index >= 15 is 0 Å². The van der Waals surface area contributed by atoms with Crippen molar-refractivity contribution < 1.29 is 14.6 Å². The van der Waals surface area contributed by atoms with Crippen LogP contribution in [0.25, 0.3) is 0 Å². The van der Waals surface area contributed by atoms with Crippen molar-refractivity contribution in [3.63, 3.8) is 0 Å². The molecule has 1 fully saturated rings. The molecule has 0 unspecified atom stereocenters. The molecule has 0 saturated heterocycles. The molecule has 82 valence electrons. The van der Waals surface area contributed by atoms with Crippen molar-refractivity contribution in [2.75, 3.05) is 0 Å². The van der Waals surface area contributed by atoms with Crippen molar-refractivity contribution in [2.24, 2.45) is 0 Å². The number of aromatic hydroxyl groups is 1. The van der Waals surface area contributed by atoms with Crippen molar-refractivity contribution in [1.29, 1.82) is 0 Å². The Bertz CT molecular complexity index is 388. The second-order valence-corrected chi connectivity index (χ2v) is 4.04. The smallest absolute Gasteiger partial charge is 0.339 e. The van der Waals surface area contributed by atoms with E-state index in [0.717, 1.165) is 31.7 Å². The highest BCUT2D eigenvalue weighted by atomic mass is 16.4. The summed E-state index contributed by atoms with van der Waals surface area (Å²) in [6.45, 7) is 0. The quantitative estimate of drug-likeness (QED) is 0.734. The van der Waals surface area contributed by atoms with E-state index < -0.39 is 5.63 Å². The highest BCUT2D eigenvalue weighted by Crippen LogP contribution is 2.33. The van der Waals surface area contributed by atoms with Gasteiger partial charge in [0.15, 0.2) is 0 Å². The van der Waals surface area contributed by atoms with Gasteiger partial charge in [0.2, 0.25) is 0 Å². The Hall–Kier alpha value is -1.29. The second kappa shape index (κ2) is 4.06. The predicted octanol–water partition coefficient (Wildman–Crippen LogP) is 1.36. The first-order valence-electron chi connectivity index (χ1n) is 5.17. The monoisotopic (exact) mass is 210 g/mol. The van der Waals surface area contributed by atoms with Gasteiger partial charge in [0.1, 0.15) is 11.5 Å². The Morgan fingerprint density at radius 1 is 1.20 bits per heavy atom. The molecule has 4 nitrogen and oxygen atoms in total. The van der Waals surface area contributed by atoms with Gasteiger partial charge < -0.3 is 14.6 Å². The Balaban J connectivity index is 2.19. The summed E-state index contributed by atoms with van der Waals surface area (Å²) in [7, 11) is 0. The molecule has 1 aliphatic rings. The molecular formula is C11H14O4. The second-order valence-electron chi connectivity index (χ2n) is 4.04. The zero-order chi connectivity index (χ0) is 10.8. The fraction of sp³-hybridized carbons (Fsp3) is 0.545. The number of aliphatic hydroxyl groups is 1. The molecular weight excluding hydrogens is 196 g/mol. The lowest BCUT2D eigenvalue weighted by Crippen LogP contribution is -2.17. The summed E-state index contributed by atoms with van der Waals surface area (Å²) in [5.41, 5.74) is -0.517. The Morgan fingerprint density at radius 2 is 1.87 bits per heavy atom. The minimum absolute atomic E-state index is 0.0487. The van der Waals surface area contributed by atoms with Gasteiger partial charge in [-0.1, -0.05) is 0 Å². The summed E-state index contributed by atoms with van der Waals surface area (Å²) in [6, 6.07) is 2.55. The van der Waals surface area contributed by atoms with Gasteiger partial charge in [0, 0.05) is 12.0 Å². The molecule has 1 aliphatic carbocycles. The number of hydrogen-bond acceptors (Lipinski definition) is 4. The summed E-state index contributed by atoms with van der Waals surface area (Å²) in [6.07, 6.45) is 2.82. The van der Waals surface area contributed by atoms with Gasteiger partial charge >= 0.3 is 5.63 Å². The predicted molar refractivity (Wildman–Crippen MR) is 53.9 cm³/mol. The first kappa shape index (κ1) is 10.2. The molecule has 4 heteroatoms. The van der Waals surface area contributed by atoms with E-state index in [4.69, 9.17) is 4.42 Å². The van der Waals surface area contributed by atoms with Crippen LogP contribution < -0.4 is 5.63 Å². The fourth-order valence-electron chi connectivity index (χ4n) is 2.04. The van der Waals surface area contributed by atoms with E-state index in [1.54, 1.807) is 0 Å². The van der Waals surface area contributed by atoms with Crippen LogP contribution in [0.15, 0.2) is 21.3 Å². The zero-order valence-electron chi connectivity index (χ0n) is 8.35. The average molecular weight is 210 g/mol. The maximum Gasteiger partial charge on any atom is 0.339 e. The average Bonchev–Trinajstić information content (AvgIpc) is 2.17. The summed E-state index contributed by atoms with van der Waals surface area (Å²) >= 11 is 0. The topological polar surface area (TPSA) is 70.7 Å². The van der Waals surface area contributed by atoms with Crippen LogP contribution in [0.4, 0.5) is 0 Å². The lowest BCUT2D eigenvalue weighted by Gasteiger charge is -2.24. The minimum atomic E-state index is -0.517. The summed E-state index contributed by atoms with van der Waals surface area (Å²) < 4.78 is 5.04. The van der Waals surface area contributed by atoms with Gasteiger partial charge in [-0.25, -0.2) is 4.79 Å². The van der Waals surface area contributed by atoms with Crippen LogP contribution in [-0.2, 0) is 0 Å². The third kappa shape index (κ3) is 2.39. The largest absolute Gasteiger partial charge is 0.508 e. The maximum absolute atomic E-state index is 11.0. The highest BCUT2D eigenvalue weighted by molar-refractivity contribution is 5.21. The van der Waals surface area contributed by atoms with Gasteiger partial charge in [-0.15, -0.1) is 0 Å². The summed E-state index contributed by atoms with van der Waals surface area (Å²) in [5.74, 6) is 0.632.